The lowest BCUT2D eigenvalue weighted by Crippen LogP contribution is -2.39. The number of nitrogens with one attached hydrogen (secondary N) is 3. The molecule has 0 spiro atoms. The molecule has 7 heteroatoms. The minimum atomic E-state index is -0.818. The maximum atomic E-state index is 13.3. The molecule has 2 amide bonds. The molecule has 1 aliphatic heterocycles. The van der Waals surface area contributed by atoms with Crippen LogP contribution in [0.1, 0.15) is 12.8 Å². The highest BCUT2D eigenvalue weighted by molar-refractivity contribution is 5.92. The fraction of sp³-hybridized carbons (Fsp3) is 0.385. The fourth-order valence-corrected chi connectivity index (χ4v) is 1.99. The van der Waals surface area contributed by atoms with Gasteiger partial charge in [0.05, 0.1) is 6.54 Å². The molecule has 1 saturated heterocycles. The normalized spacial score (nSPS) is 17.9. The number of hydrogen-bond acceptors (Lipinski definition) is 3. The van der Waals surface area contributed by atoms with E-state index in [0.717, 1.165) is 18.6 Å². The monoisotopic (exact) mass is 283 g/mol. The van der Waals surface area contributed by atoms with Crippen molar-refractivity contribution in [1.29, 1.82) is 0 Å². The summed E-state index contributed by atoms with van der Waals surface area (Å²) in [4.78, 5) is 22.5. The second-order valence-electron chi connectivity index (χ2n) is 4.58. The van der Waals surface area contributed by atoms with Crippen LogP contribution in [0.25, 0.3) is 0 Å². The van der Waals surface area contributed by atoms with E-state index in [1.807, 2.05) is 0 Å². The molecule has 1 aromatic rings. The van der Waals surface area contributed by atoms with Crippen LogP contribution in [-0.2, 0) is 9.59 Å². The first-order valence-electron chi connectivity index (χ1n) is 6.30. The van der Waals surface area contributed by atoms with Gasteiger partial charge in [-0.15, -0.1) is 0 Å². The second kappa shape index (κ2) is 6.42. The summed E-state index contributed by atoms with van der Waals surface area (Å²) in [5.41, 5.74) is -0.450. The Balaban J connectivity index is 1.77. The van der Waals surface area contributed by atoms with Crippen LogP contribution in [0.3, 0.4) is 0 Å². The molecule has 0 radical (unpaired) electrons. The molecule has 1 atom stereocenters. The smallest absolute Gasteiger partial charge is 0.238 e. The zero-order valence-electron chi connectivity index (χ0n) is 10.7. The van der Waals surface area contributed by atoms with E-state index in [1.54, 1.807) is 0 Å². The van der Waals surface area contributed by atoms with Gasteiger partial charge in [-0.05, 0) is 18.6 Å². The average molecular weight is 283 g/mol. The Bertz CT molecular complexity index is 502. The molecule has 2 rings (SSSR count). The lowest BCUT2D eigenvalue weighted by atomic mass is 10.2. The predicted octanol–water partition coefficient (Wildman–Crippen LogP) is 0.771. The van der Waals surface area contributed by atoms with Crippen molar-refractivity contribution in [2.75, 3.05) is 18.4 Å². The summed E-state index contributed by atoms with van der Waals surface area (Å²) >= 11 is 0. The van der Waals surface area contributed by atoms with Gasteiger partial charge in [-0.25, -0.2) is 8.78 Å². The van der Waals surface area contributed by atoms with E-state index in [4.69, 9.17) is 0 Å². The first-order chi connectivity index (χ1) is 9.56. The van der Waals surface area contributed by atoms with Gasteiger partial charge >= 0.3 is 0 Å². The molecule has 108 valence electrons. The highest BCUT2D eigenvalue weighted by Gasteiger charge is 2.20. The van der Waals surface area contributed by atoms with Crippen LogP contribution < -0.4 is 16.0 Å². The van der Waals surface area contributed by atoms with Crippen molar-refractivity contribution >= 4 is 17.5 Å². The SMILES string of the molecule is O=C(CNCC1CCC(=O)N1)Nc1c(F)cccc1F. The molecule has 1 fully saturated rings. The Morgan fingerprint density at radius 3 is 2.65 bits per heavy atom. The molecule has 0 saturated carbocycles. The van der Waals surface area contributed by atoms with Crippen molar-refractivity contribution < 1.29 is 18.4 Å². The zero-order chi connectivity index (χ0) is 14.5. The average Bonchev–Trinajstić information content (AvgIpc) is 2.80. The highest BCUT2D eigenvalue weighted by Crippen LogP contribution is 2.17. The summed E-state index contributed by atoms with van der Waals surface area (Å²) in [5.74, 6) is -2.18. The third kappa shape index (κ3) is 3.74. The Morgan fingerprint density at radius 2 is 2.05 bits per heavy atom. The Hall–Kier alpha value is -2.02. The van der Waals surface area contributed by atoms with E-state index < -0.39 is 23.2 Å². The van der Waals surface area contributed by atoms with Gasteiger partial charge in [0.15, 0.2) is 0 Å². The van der Waals surface area contributed by atoms with Gasteiger partial charge in [0, 0.05) is 19.0 Å². The number of rotatable bonds is 5. The van der Waals surface area contributed by atoms with Crippen molar-refractivity contribution in [1.82, 2.24) is 10.6 Å². The van der Waals surface area contributed by atoms with Gasteiger partial charge < -0.3 is 16.0 Å². The molecule has 3 N–H and O–H groups in total. The van der Waals surface area contributed by atoms with Crippen LogP contribution in [0.5, 0.6) is 0 Å². The number of halogens is 2. The van der Waals surface area contributed by atoms with Crippen molar-refractivity contribution in [3.05, 3.63) is 29.8 Å². The number of amides is 2. The molecule has 1 aliphatic rings. The van der Waals surface area contributed by atoms with Gasteiger partial charge in [0.25, 0.3) is 0 Å². The van der Waals surface area contributed by atoms with Crippen LogP contribution in [0.4, 0.5) is 14.5 Å². The summed E-state index contributed by atoms with van der Waals surface area (Å²) in [7, 11) is 0. The zero-order valence-corrected chi connectivity index (χ0v) is 10.7. The third-order valence-electron chi connectivity index (χ3n) is 2.99. The van der Waals surface area contributed by atoms with Crippen LogP contribution in [0, 0.1) is 11.6 Å². The lowest BCUT2D eigenvalue weighted by Gasteiger charge is -2.11. The lowest BCUT2D eigenvalue weighted by molar-refractivity contribution is -0.119. The van der Waals surface area contributed by atoms with Gasteiger partial charge in [-0.1, -0.05) is 6.07 Å². The van der Waals surface area contributed by atoms with E-state index >= 15 is 0 Å². The maximum Gasteiger partial charge on any atom is 0.238 e. The van der Waals surface area contributed by atoms with Crippen molar-refractivity contribution in [2.24, 2.45) is 0 Å². The number of hydrogen-bond donors (Lipinski definition) is 3. The maximum absolute atomic E-state index is 13.3. The standard InChI is InChI=1S/C13H15F2N3O2/c14-9-2-1-3-10(15)13(9)18-12(20)7-16-6-8-4-5-11(19)17-8/h1-3,8,16H,4-7H2,(H,17,19)(H,18,20). The minimum absolute atomic E-state index is 0.000461. The Morgan fingerprint density at radius 1 is 1.35 bits per heavy atom. The van der Waals surface area contributed by atoms with Crippen LogP contribution in [0.2, 0.25) is 0 Å². The van der Waals surface area contributed by atoms with Crippen LogP contribution in [-0.4, -0.2) is 30.9 Å². The summed E-state index contributed by atoms with van der Waals surface area (Å²) < 4.78 is 26.6. The van der Waals surface area contributed by atoms with Crippen molar-refractivity contribution in [2.45, 2.75) is 18.9 Å². The highest BCUT2D eigenvalue weighted by atomic mass is 19.1. The summed E-state index contributed by atoms with van der Waals surface area (Å²) in [5, 5.41) is 7.75. The number of benzene rings is 1. The summed E-state index contributed by atoms with van der Waals surface area (Å²) in [6.45, 7) is 0.360. The van der Waals surface area contributed by atoms with Gasteiger partial charge in [-0.2, -0.15) is 0 Å². The summed E-state index contributed by atoms with van der Waals surface area (Å²) in [6, 6.07) is 3.36. The fourth-order valence-electron chi connectivity index (χ4n) is 1.99. The van der Waals surface area contributed by atoms with E-state index in [-0.39, 0.29) is 18.5 Å². The molecule has 1 heterocycles. The quantitative estimate of drug-likeness (QED) is 0.747. The first kappa shape index (κ1) is 14.4. The number of carbonyl (C=O) groups excluding carboxylic acids is 2. The predicted molar refractivity (Wildman–Crippen MR) is 69.0 cm³/mol. The molecule has 1 unspecified atom stereocenters. The van der Waals surface area contributed by atoms with Gasteiger partial charge in [0.2, 0.25) is 11.8 Å². The van der Waals surface area contributed by atoms with E-state index in [0.29, 0.717) is 13.0 Å². The molecule has 0 bridgehead atoms. The molecular formula is C13H15F2N3O2. The molecular weight excluding hydrogens is 268 g/mol. The van der Waals surface area contributed by atoms with E-state index in [9.17, 15) is 18.4 Å². The van der Waals surface area contributed by atoms with Crippen LogP contribution >= 0.6 is 0 Å². The molecule has 0 aromatic heterocycles. The van der Waals surface area contributed by atoms with E-state index in [1.165, 1.54) is 6.07 Å². The van der Waals surface area contributed by atoms with Crippen molar-refractivity contribution in [3.63, 3.8) is 0 Å². The number of para-hydroxylation sites is 1. The minimum Gasteiger partial charge on any atom is -0.352 e. The second-order valence-corrected chi connectivity index (χ2v) is 4.58. The van der Waals surface area contributed by atoms with Gasteiger partial charge in [0.1, 0.15) is 17.3 Å². The molecule has 5 nitrogen and oxygen atoms in total. The first-order valence-corrected chi connectivity index (χ1v) is 6.30. The number of carbonyl (C=O) groups is 2. The molecule has 0 aliphatic carbocycles. The van der Waals surface area contributed by atoms with Gasteiger partial charge in [-0.3, -0.25) is 9.59 Å². The largest absolute Gasteiger partial charge is 0.352 e. The molecule has 20 heavy (non-hydrogen) atoms. The third-order valence-corrected chi connectivity index (χ3v) is 2.99. The topological polar surface area (TPSA) is 70.2 Å². The molecule has 1 aromatic carbocycles. The van der Waals surface area contributed by atoms with Crippen molar-refractivity contribution in [3.8, 4) is 0 Å². The summed E-state index contributed by atoms with van der Waals surface area (Å²) in [6.07, 6.45) is 1.20. The van der Waals surface area contributed by atoms with E-state index in [2.05, 4.69) is 16.0 Å². The Labute approximate surface area is 114 Å². The Kier molecular flexibility index (Phi) is 4.62. The number of anilines is 1. The van der Waals surface area contributed by atoms with Crippen LogP contribution in [0.15, 0.2) is 18.2 Å².